The molecule has 0 aliphatic carbocycles. The Morgan fingerprint density at radius 2 is 1.94 bits per heavy atom. The first-order chi connectivity index (χ1) is 15.8. The maximum atomic E-state index is 15.1. The van der Waals surface area contributed by atoms with E-state index >= 15 is 4.39 Å². The quantitative estimate of drug-likeness (QED) is 0.410. The number of carbonyl (C=O) groups excluding carboxylic acids is 1. The molecule has 2 heterocycles. The number of hydrogen-bond donors (Lipinski definition) is 1. The lowest BCUT2D eigenvalue weighted by atomic mass is 10.0. The average molecular weight is 464 g/mol. The van der Waals surface area contributed by atoms with Gasteiger partial charge in [0.2, 0.25) is 0 Å². The van der Waals surface area contributed by atoms with Crippen LogP contribution >= 0.6 is 12.2 Å². The summed E-state index contributed by atoms with van der Waals surface area (Å²) < 4.78 is 20.7. The van der Waals surface area contributed by atoms with Gasteiger partial charge in [-0.05, 0) is 62.3 Å². The molecule has 33 heavy (non-hydrogen) atoms. The molecular weight excluding hydrogens is 441 g/mol. The Morgan fingerprint density at radius 3 is 2.58 bits per heavy atom. The first kappa shape index (κ1) is 22.6. The summed E-state index contributed by atoms with van der Waals surface area (Å²) in [6, 6.07) is 10.5. The summed E-state index contributed by atoms with van der Waals surface area (Å²) in [6.45, 7) is 13.0. The van der Waals surface area contributed by atoms with Crippen molar-refractivity contribution in [1.82, 2.24) is 9.97 Å². The zero-order valence-corrected chi connectivity index (χ0v) is 19.2. The molecule has 4 rings (SSSR count). The van der Waals surface area contributed by atoms with Crippen LogP contribution in [0.1, 0.15) is 30.8 Å². The van der Waals surface area contributed by atoms with Crippen molar-refractivity contribution in [1.29, 1.82) is 0 Å². The molecular formula is C24H22FN5O2S. The molecule has 0 spiro atoms. The van der Waals surface area contributed by atoms with Crippen molar-refractivity contribution >= 4 is 40.3 Å². The fourth-order valence-corrected chi connectivity index (χ4v) is 4.29. The minimum atomic E-state index is -1.02. The number of benzene rings is 2. The van der Waals surface area contributed by atoms with Gasteiger partial charge >= 0.3 is 0 Å². The van der Waals surface area contributed by atoms with Gasteiger partial charge in [-0.3, -0.25) is 9.69 Å². The monoisotopic (exact) mass is 463 g/mol. The maximum Gasteiger partial charge on any atom is 0.259 e. The highest BCUT2D eigenvalue weighted by atomic mass is 32.1. The third kappa shape index (κ3) is 3.99. The van der Waals surface area contributed by atoms with Gasteiger partial charge < -0.3 is 14.6 Å². The van der Waals surface area contributed by atoms with Crippen LogP contribution in [0, 0.1) is 19.3 Å². The predicted molar refractivity (Wildman–Crippen MR) is 128 cm³/mol. The minimum Gasteiger partial charge on any atom is -0.369 e. The molecule has 9 heteroatoms. The number of anilines is 2. The molecule has 1 aliphatic heterocycles. The van der Waals surface area contributed by atoms with Gasteiger partial charge in [0.1, 0.15) is 23.8 Å². The number of carbonyl (C=O) groups is 1. The van der Waals surface area contributed by atoms with Crippen molar-refractivity contribution < 1.29 is 13.9 Å². The zero-order valence-electron chi connectivity index (χ0n) is 18.4. The normalized spacial score (nSPS) is 15.2. The lowest BCUT2D eigenvalue weighted by Crippen LogP contribution is -2.44. The SMILES string of the molecule is [C-]#[N+]c1ccc(N2C(=O)C(C)(C)N(c3ccc(COCc4ncc[nH]4)cc3)C2=S)c(F)c1C. The average Bonchev–Trinajstić information content (AvgIpc) is 3.36. The topological polar surface area (TPSA) is 65.8 Å². The van der Waals surface area contributed by atoms with Crippen molar-refractivity contribution in [3.63, 3.8) is 0 Å². The molecule has 1 saturated heterocycles. The van der Waals surface area contributed by atoms with Gasteiger partial charge in [0.05, 0.1) is 18.9 Å². The van der Waals surface area contributed by atoms with E-state index in [0.717, 1.165) is 11.4 Å². The lowest BCUT2D eigenvalue weighted by Gasteiger charge is -2.29. The number of amides is 1. The predicted octanol–water partition coefficient (Wildman–Crippen LogP) is 5.04. The second-order valence-electron chi connectivity index (χ2n) is 8.17. The van der Waals surface area contributed by atoms with E-state index in [4.69, 9.17) is 23.5 Å². The van der Waals surface area contributed by atoms with Crippen LogP contribution in [-0.4, -0.2) is 26.5 Å². The molecule has 0 radical (unpaired) electrons. The molecule has 0 saturated carbocycles. The maximum absolute atomic E-state index is 15.1. The van der Waals surface area contributed by atoms with Crippen LogP contribution in [0.3, 0.4) is 0 Å². The lowest BCUT2D eigenvalue weighted by molar-refractivity contribution is -0.120. The number of nitrogens with zero attached hydrogens (tertiary/aromatic N) is 4. The van der Waals surface area contributed by atoms with E-state index in [-0.39, 0.29) is 28.0 Å². The Bertz CT molecular complexity index is 1250. The Hall–Kier alpha value is -3.61. The van der Waals surface area contributed by atoms with Crippen LogP contribution in [0.2, 0.25) is 0 Å². The van der Waals surface area contributed by atoms with Crippen LogP contribution in [-0.2, 0) is 22.7 Å². The van der Waals surface area contributed by atoms with Crippen LogP contribution in [0.5, 0.6) is 0 Å². The van der Waals surface area contributed by atoms with E-state index in [1.165, 1.54) is 24.0 Å². The molecule has 2 aromatic carbocycles. The summed E-state index contributed by atoms with van der Waals surface area (Å²) in [5, 5.41) is 0.181. The highest BCUT2D eigenvalue weighted by Gasteiger charge is 2.50. The fourth-order valence-electron chi connectivity index (χ4n) is 3.78. The Morgan fingerprint density at radius 1 is 1.21 bits per heavy atom. The molecule has 1 N–H and O–H groups in total. The number of aromatic amines is 1. The third-order valence-corrected chi connectivity index (χ3v) is 5.99. The van der Waals surface area contributed by atoms with Gasteiger partial charge in [-0.2, -0.15) is 0 Å². The molecule has 168 valence electrons. The van der Waals surface area contributed by atoms with Crippen molar-refractivity contribution in [2.24, 2.45) is 0 Å². The smallest absolute Gasteiger partial charge is 0.259 e. The molecule has 0 bridgehead atoms. The standard InChI is InChI=1S/C24H22FN5O2S/c1-15-18(26-4)9-10-19(21(15)25)29-22(31)24(2,3)30(23(29)33)17-7-5-16(6-8-17)13-32-14-20-27-11-12-28-20/h5-12H,13-14H2,1-3H3,(H,27,28). The van der Waals surface area contributed by atoms with Gasteiger partial charge in [-0.25, -0.2) is 14.2 Å². The fraction of sp³-hybridized carbons (Fsp3) is 0.250. The van der Waals surface area contributed by atoms with Crippen LogP contribution in [0.15, 0.2) is 48.8 Å². The van der Waals surface area contributed by atoms with E-state index in [1.54, 1.807) is 31.1 Å². The Balaban J connectivity index is 1.57. The van der Waals surface area contributed by atoms with Gasteiger partial charge in [0.15, 0.2) is 10.8 Å². The van der Waals surface area contributed by atoms with Crippen LogP contribution < -0.4 is 9.80 Å². The number of ether oxygens (including phenoxy) is 1. The molecule has 0 unspecified atom stereocenters. The number of H-pyrrole nitrogens is 1. The molecule has 7 nitrogen and oxygen atoms in total. The summed E-state index contributed by atoms with van der Waals surface area (Å²) in [6.07, 6.45) is 3.41. The van der Waals surface area contributed by atoms with E-state index in [1.807, 2.05) is 24.3 Å². The summed E-state index contributed by atoms with van der Waals surface area (Å²) >= 11 is 5.63. The second-order valence-corrected chi connectivity index (χ2v) is 8.53. The van der Waals surface area contributed by atoms with E-state index < -0.39 is 11.4 Å². The van der Waals surface area contributed by atoms with Gasteiger partial charge in [0.25, 0.3) is 5.91 Å². The highest BCUT2D eigenvalue weighted by molar-refractivity contribution is 7.81. The summed E-state index contributed by atoms with van der Waals surface area (Å²) in [4.78, 5) is 26.7. The highest BCUT2D eigenvalue weighted by Crippen LogP contribution is 2.39. The molecule has 3 aromatic rings. The molecule has 1 amide bonds. The Labute approximate surface area is 196 Å². The molecule has 1 aliphatic rings. The van der Waals surface area contributed by atoms with Gasteiger partial charge in [-0.15, -0.1) is 0 Å². The number of aromatic nitrogens is 2. The van der Waals surface area contributed by atoms with Crippen LogP contribution in [0.25, 0.3) is 4.85 Å². The number of halogens is 1. The first-order valence-electron chi connectivity index (χ1n) is 10.3. The van der Waals surface area contributed by atoms with Gasteiger partial charge in [0, 0.05) is 18.1 Å². The number of thiocarbonyl (C=S) groups is 1. The minimum absolute atomic E-state index is 0.0495. The van der Waals surface area contributed by atoms with Crippen molar-refractivity contribution in [3.05, 3.63) is 83.0 Å². The molecule has 1 fully saturated rings. The summed E-state index contributed by atoms with van der Waals surface area (Å²) in [5.41, 5.74) is 1.09. The summed E-state index contributed by atoms with van der Waals surface area (Å²) in [5.74, 6) is -0.214. The number of imidazole rings is 1. The van der Waals surface area contributed by atoms with Crippen molar-refractivity contribution in [3.8, 4) is 0 Å². The second kappa shape index (κ2) is 8.73. The van der Waals surface area contributed by atoms with Gasteiger partial charge in [-0.1, -0.05) is 18.2 Å². The summed E-state index contributed by atoms with van der Waals surface area (Å²) in [7, 11) is 0. The van der Waals surface area contributed by atoms with Crippen molar-refractivity contribution in [2.75, 3.05) is 9.80 Å². The first-order valence-corrected chi connectivity index (χ1v) is 10.7. The van der Waals surface area contributed by atoms with E-state index in [9.17, 15) is 4.79 Å². The number of nitrogens with one attached hydrogen (secondary N) is 1. The van der Waals surface area contributed by atoms with E-state index in [2.05, 4.69) is 14.8 Å². The third-order valence-electron chi connectivity index (χ3n) is 5.62. The largest absolute Gasteiger partial charge is 0.369 e. The van der Waals surface area contributed by atoms with Crippen molar-refractivity contribution in [2.45, 2.75) is 39.5 Å². The molecule has 1 aromatic heterocycles. The van der Waals surface area contributed by atoms with Crippen LogP contribution in [0.4, 0.5) is 21.5 Å². The van der Waals surface area contributed by atoms with E-state index in [0.29, 0.717) is 18.9 Å². The number of hydrogen-bond acceptors (Lipinski definition) is 4. The number of rotatable bonds is 6. The zero-order chi connectivity index (χ0) is 23.8. The Kier molecular flexibility index (Phi) is 5.97. The molecule has 0 atom stereocenters.